The van der Waals surface area contributed by atoms with Gasteiger partial charge in [0.05, 0.1) is 7.11 Å². The predicted octanol–water partition coefficient (Wildman–Crippen LogP) is 4.51. The molecule has 1 aromatic carbocycles. The molecule has 1 aliphatic carbocycles. The van der Waals surface area contributed by atoms with Gasteiger partial charge < -0.3 is 14.8 Å². The number of benzene rings is 1. The molecule has 6 heteroatoms. The zero-order valence-corrected chi connectivity index (χ0v) is 16.4. The first-order valence-corrected chi connectivity index (χ1v) is 9.80. The molecule has 0 bridgehead atoms. The van der Waals surface area contributed by atoms with Crippen LogP contribution >= 0.6 is 0 Å². The Balaban J connectivity index is 1.64. The van der Waals surface area contributed by atoms with Crippen molar-refractivity contribution in [3.63, 3.8) is 0 Å². The summed E-state index contributed by atoms with van der Waals surface area (Å²) in [4.78, 5) is 17.0. The van der Waals surface area contributed by atoms with Crippen molar-refractivity contribution in [2.24, 2.45) is 5.92 Å². The second kappa shape index (κ2) is 9.53. The van der Waals surface area contributed by atoms with E-state index < -0.39 is 0 Å². The third-order valence-corrected chi connectivity index (χ3v) is 5.26. The van der Waals surface area contributed by atoms with Crippen molar-refractivity contribution in [3.05, 3.63) is 53.3 Å². The smallest absolute Gasteiger partial charge is 0.256 e. The van der Waals surface area contributed by atoms with E-state index in [2.05, 4.69) is 17.2 Å². The second-order valence-corrected chi connectivity index (χ2v) is 7.29. The minimum Gasteiger partial charge on any atom is -0.480 e. The Morgan fingerprint density at radius 1 is 1.25 bits per heavy atom. The van der Waals surface area contributed by atoms with Gasteiger partial charge >= 0.3 is 0 Å². The minimum atomic E-state index is -0.314. The van der Waals surface area contributed by atoms with Crippen LogP contribution in [0.2, 0.25) is 0 Å². The first-order valence-electron chi connectivity index (χ1n) is 9.80. The molecular weight excluding hydrogens is 359 g/mol. The summed E-state index contributed by atoms with van der Waals surface area (Å²) in [6.07, 6.45) is 6.06. The molecule has 0 unspecified atom stereocenters. The molecule has 0 saturated heterocycles. The number of aromatic nitrogens is 1. The SMILES string of the molecule is COc1nc(OCc2cccc(F)c2)ccc1C(=O)N[C@H](C)C1CCCCC1. The first kappa shape index (κ1) is 20.1. The highest BCUT2D eigenvalue weighted by Crippen LogP contribution is 2.27. The van der Waals surface area contributed by atoms with E-state index in [1.165, 1.54) is 38.5 Å². The first-order chi connectivity index (χ1) is 13.6. The van der Waals surface area contributed by atoms with Gasteiger partial charge in [-0.3, -0.25) is 4.79 Å². The van der Waals surface area contributed by atoms with Crippen molar-refractivity contribution >= 4 is 5.91 Å². The van der Waals surface area contributed by atoms with Gasteiger partial charge in [0.2, 0.25) is 11.8 Å². The van der Waals surface area contributed by atoms with Crippen LogP contribution in [0.15, 0.2) is 36.4 Å². The number of hydrogen-bond acceptors (Lipinski definition) is 4. The van der Waals surface area contributed by atoms with Gasteiger partial charge in [0, 0.05) is 12.1 Å². The number of carbonyl (C=O) groups excluding carboxylic acids is 1. The fourth-order valence-electron chi connectivity index (χ4n) is 3.65. The fraction of sp³-hybridized carbons (Fsp3) is 0.455. The monoisotopic (exact) mass is 386 g/mol. The molecule has 0 radical (unpaired) electrons. The van der Waals surface area contributed by atoms with Gasteiger partial charge in [0.15, 0.2) is 0 Å². The molecule has 1 atom stereocenters. The maximum Gasteiger partial charge on any atom is 0.256 e. The van der Waals surface area contributed by atoms with Crippen LogP contribution < -0.4 is 14.8 Å². The number of nitrogens with one attached hydrogen (secondary N) is 1. The highest BCUT2D eigenvalue weighted by Gasteiger charge is 2.23. The largest absolute Gasteiger partial charge is 0.480 e. The van der Waals surface area contributed by atoms with Gasteiger partial charge in [-0.15, -0.1) is 0 Å². The van der Waals surface area contributed by atoms with Crippen LogP contribution in [0.5, 0.6) is 11.8 Å². The Labute approximate surface area is 165 Å². The highest BCUT2D eigenvalue weighted by atomic mass is 19.1. The van der Waals surface area contributed by atoms with Gasteiger partial charge in [-0.05, 0) is 49.4 Å². The molecule has 1 saturated carbocycles. The van der Waals surface area contributed by atoms with Crippen LogP contribution in [0.4, 0.5) is 4.39 Å². The lowest BCUT2D eigenvalue weighted by atomic mass is 9.84. The van der Waals surface area contributed by atoms with Crippen molar-refractivity contribution in [3.8, 4) is 11.8 Å². The number of ether oxygens (including phenoxy) is 2. The third-order valence-electron chi connectivity index (χ3n) is 5.26. The minimum absolute atomic E-state index is 0.112. The van der Waals surface area contributed by atoms with Gasteiger partial charge in [-0.25, -0.2) is 4.39 Å². The normalized spacial score (nSPS) is 15.7. The number of carbonyl (C=O) groups is 1. The molecule has 1 N–H and O–H groups in total. The summed E-state index contributed by atoms with van der Waals surface area (Å²) >= 11 is 0. The Kier molecular flexibility index (Phi) is 6.85. The van der Waals surface area contributed by atoms with E-state index in [1.807, 2.05) is 0 Å². The van der Waals surface area contributed by atoms with Gasteiger partial charge in [0.25, 0.3) is 5.91 Å². The van der Waals surface area contributed by atoms with E-state index in [4.69, 9.17) is 9.47 Å². The number of halogens is 1. The standard InChI is InChI=1S/C22H27FN2O3/c1-15(17-8-4-3-5-9-17)24-21(26)19-11-12-20(25-22(19)27-2)28-14-16-7-6-10-18(23)13-16/h6-7,10-13,15,17H,3-5,8-9,14H2,1-2H3,(H,24,26)/t15-/m1/s1. The summed E-state index contributed by atoms with van der Waals surface area (Å²) < 4.78 is 24.2. The molecule has 28 heavy (non-hydrogen) atoms. The zero-order valence-electron chi connectivity index (χ0n) is 16.4. The molecule has 1 amide bonds. The Morgan fingerprint density at radius 2 is 2.04 bits per heavy atom. The Morgan fingerprint density at radius 3 is 2.75 bits per heavy atom. The van der Waals surface area contributed by atoms with Gasteiger partial charge in [0.1, 0.15) is 18.0 Å². The van der Waals surface area contributed by atoms with E-state index in [-0.39, 0.29) is 30.3 Å². The molecule has 1 aromatic heterocycles. The van der Waals surface area contributed by atoms with E-state index in [0.717, 1.165) is 12.8 Å². The van der Waals surface area contributed by atoms with Crippen molar-refractivity contribution in [2.75, 3.05) is 7.11 Å². The molecular formula is C22H27FN2O3. The molecule has 1 aliphatic rings. The number of methoxy groups -OCH3 is 1. The van der Waals surface area contributed by atoms with Crippen LogP contribution in [0, 0.1) is 11.7 Å². The lowest BCUT2D eigenvalue weighted by Crippen LogP contribution is -2.39. The number of rotatable bonds is 7. The lowest BCUT2D eigenvalue weighted by molar-refractivity contribution is 0.0915. The molecule has 5 nitrogen and oxygen atoms in total. The summed E-state index contributed by atoms with van der Waals surface area (Å²) in [5, 5.41) is 3.08. The summed E-state index contributed by atoms with van der Waals surface area (Å²) in [5.41, 5.74) is 1.08. The predicted molar refractivity (Wildman–Crippen MR) is 105 cm³/mol. The number of nitrogens with zero attached hydrogens (tertiary/aromatic N) is 1. The average molecular weight is 386 g/mol. The number of hydrogen-bond donors (Lipinski definition) is 1. The van der Waals surface area contributed by atoms with Crippen LogP contribution in [-0.4, -0.2) is 24.0 Å². The topological polar surface area (TPSA) is 60.5 Å². The molecule has 3 rings (SSSR count). The van der Waals surface area contributed by atoms with Crippen LogP contribution in [0.1, 0.15) is 54.9 Å². The molecule has 0 spiro atoms. The molecule has 1 heterocycles. The highest BCUT2D eigenvalue weighted by molar-refractivity contribution is 5.96. The Bertz CT molecular complexity index is 806. The van der Waals surface area contributed by atoms with E-state index in [9.17, 15) is 9.18 Å². The molecule has 2 aromatic rings. The van der Waals surface area contributed by atoms with E-state index >= 15 is 0 Å². The number of pyridine rings is 1. The summed E-state index contributed by atoms with van der Waals surface area (Å²) in [6, 6.07) is 9.58. The summed E-state index contributed by atoms with van der Waals surface area (Å²) in [7, 11) is 1.47. The van der Waals surface area contributed by atoms with Crippen LogP contribution in [0.3, 0.4) is 0 Å². The third kappa shape index (κ3) is 5.21. The fourth-order valence-corrected chi connectivity index (χ4v) is 3.65. The molecule has 150 valence electrons. The number of amides is 1. The second-order valence-electron chi connectivity index (χ2n) is 7.29. The lowest BCUT2D eigenvalue weighted by Gasteiger charge is -2.28. The zero-order chi connectivity index (χ0) is 19.9. The van der Waals surface area contributed by atoms with E-state index in [1.54, 1.807) is 24.3 Å². The summed E-state index contributed by atoms with van der Waals surface area (Å²) in [6.45, 7) is 2.24. The van der Waals surface area contributed by atoms with E-state index in [0.29, 0.717) is 22.9 Å². The average Bonchev–Trinajstić information content (AvgIpc) is 2.72. The van der Waals surface area contributed by atoms with Gasteiger partial charge in [-0.2, -0.15) is 4.98 Å². The van der Waals surface area contributed by atoms with Crippen molar-refractivity contribution in [1.29, 1.82) is 0 Å². The summed E-state index contributed by atoms with van der Waals surface area (Å²) in [5.74, 6) is 0.540. The molecule has 1 fully saturated rings. The van der Waals surface area contributed by atoms with Crippen molar-refractivity contribution in [1.82, 2.24) is 10.3 Å². The maximum absolute atomic E-state index is 13.3. The maximum atomic E-state index is 13.3. The molecule has 0 aliphatic heterocycles. The van der Waals surface area contributed by atoms with Crippen molar-refractivity contribution in [2.45, 2.75) is 51.7 Å². The van der Waals surface area contributed by atoms with Crippen LogP contribution in [0.25, 0.3) is 0 Å². The Hall–Kier alpha value is -2.63. The van der Waals surface area contributed by atoms with Crippen LogP contribution in [-0.2, 0) is 6.61 Å². The quantitative estimate of drug-likeness (QED) is 0.761. The van der Waals surface area contributed by atoms with Crippen molar-refractivity contribution < 1.29 is 18.7 Å². The van der Waals surface area contributed by atoms with Gasteiger partial charge in [-0.1, -0.05) is 31.4 Å².